The van der Waals surface area contributed by atoms with E-state index in [0.717, 1.165) is 6.26 Å². The minimum absolute atomic E-state index is 0.0571. The molecule has 0 spiro atoms. The van der Waals surface area contributed by atoms with E-state index in [1.165, 1.54) is 41.3 Å². The first kappa shape index (κ1) is 37.0. The van der Waals surface area contributed by atoms with E-state index in [1.807, 2.05) is 20.8 Å². The summed E-state index contributed by atoms with van der Waals surface area (Å²) in [5.41, 5.74) is 0.0811. The minimum atomic E-state index is -1.12. The summed E-state index contributed by atoms with van der Waals surface area (Å²) in [6.07, 6.45) is 7.53. The second kappa shape index (κ2) is 17.0. The van der Waals surface area contributed by atoms with Gasteiger partial charge in [0.05, 0.1) is 11.3 Å². The number of para-hydroxylation sites is 2. The summed E-state index contributed by atoms with van der Waals surface area (Å²) in [5, 5.41) is 16.5. The predicted octanol–water partition coefficient (Wildman–Crippen LogP) is 4.82. The number of ketones is 1. The molecule has 2 N–H and O–H groups in total. The number of nitrogens with zero attached hydrogens (tertiary/aromatic N) is 3. The first-order valence-electron chi connectivity index (χ1n) is 16.0. The Bertz CT molecular complexity index is 1750. The maximum absolute atomic E-state index is 13.4. The van der Waals surface area contributed by atoms with E-state index in [9.17, 15) is 34.1 Å². The molecule has 1 aromatic carbocycles. The number of carbonyl (C=O) groups is 5. The average molecular weight is 690 g/mol. The molecule has 4 rings (SSSR count). The number of Topliss-reactive ketones (excluding diaryl/α,β-unsaturated/α-hetero) is 1. The monoisotopic (exact) mass is 689 g/mol. The van der Waals surface area contributed by atoms with Crippen molar-refractivity contribution in [3.8, 4) is 0 Å². The lowest BCUT2D eigenvalue weighted by atomic mass is 9.94. The van der Waals surface area contributed by atoms with Crippen molar-refractivity contribution >= 4 is 41.0 Å². The van der Waals surface area contributed by atoms with Crippen molar-refractivity contribution in [3.63, 3.8) is 0 Å². The second-order valence-corrected chi connectivity index (χ2v) is 12.1. The molecule has 3 amide bonds. The maximum atomic E-state index is 13.4. The summed E-state index contributed by atoms with van der Waals surface area (Å²) in [5.74, 6) is -2.65. The lowest BCUT2D eigenvalue weighted by Gasteiger charge is -2.27. The molecule has 3 atom stereocenters. The third kappa shape index (κ3) is 10.1. The van der Waals surface area contributed by atoms with Crippen molar-refractivity contribution in [3.05, 3.63) is 100.0 Å². The molecule has 0 aliphatic carbocycles. The molecule has 1 aromatic heterocycles. The van der Waals surface area contributed by atoms with Gasteiger partial charge in [-0.05, 0) is 37.5 Å². The number of anilines is 1. The van der Waals surface area contributed by atoms with Gasteiger partial charge in [0.15, 0.2) is 5.69 Å². The molecule has 2 aliphatic rings. The minimum Gasteiger partial charge on any atom is -0.457 e. The van der Waals surface area contributed by atoms with Gasteiger partial charge >= 0.3 is 12.1 Å². The maximum Gasteiger partial charge on any atom is 0.412 e. The Morgan fingerprint density at radius 2 is 1.94 bits per heavy atom. The number of amides is 3. The van der Waals surface area contributed by atoms with Crippen LogP contribution in [-0.4, -0.2) is 69.8 Å². The Labute approximate surface area is 288 Å². The molecule has 0 fully saturated rings. The Morgan fingerprint density at radius 3 is 2.68 bits per heavy atom. The molecular weight excluding hydrogens is 650 g/mol. The third-order valence-electron chi connectivity index (χ3n) is 7.77. The number of nitrogens with one attached hydrogen (secondary N) is 2. The number of rotatable bonds is 4. The molecule has 0 saturated heterocycles. The molecule has 1 unspecified atom stereocenters. The highest BCUT2D eigenvalue weighted by atomic mass is 16.6. The number of allylic oxidation sites excluding steroid dienone is 2. The van der Waals surface area contributed by atoms with Crippen LogP contribution < -0.4 is 10.6 Å². The molecule has 3 heterocycles. The second-order valence-electron chi connectivity index (χ2n) is 12.1. The molecule has 0 saturated carbocycles. The van der Waals surface area contributed by atoms with Gasteiger partial charge in [0.2, 0.25) is 11.8 Å². The number of esters is 1. The zero-order chi connectivity index (χ0) is 36.4. The normalized spacial score (nSPS) is 23.5. The zero-order valence-electron chi connectivity index (χ0n) is 28.1. The van der Waals surface area contributed by atoms with E-state index in [2.05, 4.69) is 15.6 Å². The van der Waals surface area contributed by atoms with Crippen molar-refractivity contribution in [2.24, 2.45) is 11.8 Å². The fourth-order valence-corrected chi connectivity index (χ4v) is 5.40. The Kier molecular flexibility index (Phi) is 12.6. The Hall–Kier alpha value is -5.86. The highest BCUT2D eigenvalue weighted by molar-refractivity contribution is 6.00. The van der Waals surface area contributed by atoms with Crippen LogP contribution >= 0.6 is 0 Å². The molecule has 50 heavy (non-hydrogen) atoms. The SMILES string of the molecule is CC1=C\[C@@H](OC(=O)Nc2ccccc2[N+](=O)[O-])CC(=O)Cc2nc(co2)C(=O)N2CCC=C2C(=O)OC(C(C)C)[C@H](C)/C=C/C(=O)NC\C=C\1. The zero-order valence-corrected chi connectivity index (χ0v) is 28.1. The van der Waals surface area contributed by atoms with Crippen molar-refractivity contribution < 1.29 is 42.8 Å². The molecule has 15 nitrogen and oxygen atoms in total. The predicted molar refractivity (Wildman–Crippen MR) is 179 cm³/mol. The summed E-state index contributed by atoms with van der Waals surface area (Å²) in [6, 6.07) is 5.51. The molecule has 0 radical (unpaired) electrons. The van der Waals surface area contributed by atoms with Gasteiger partial charge < -0.3 is 24.1 Å². The first-order valence-corrected chi connectivity index (χ1v) is 16.0. The number of fused-ring (bicyclic) bond motifs is 3. The quantitative estimate of drug-likeness (QED) is 0.253. The van der Waals surface area contributed by atoms with Crippen LogP contribution in [0.4, 0.5) is 16.2 Å². The summed E-state index contributed by atoms with van der Waals surface area (Å²) in [4.78, 5) is 81.3. The number of nitro groups is 1. The Balaban J connectivity index is 1.59. The van der Waals surface area contributed by atoms with Crippen molar-refractivity contribution in [1.82, 2.24) is 15.2 Å². The van der Waals surface area contributed by atoms with Gasteiger partial charge in [-0.3, -0.25) is 29.8 Å². The largest absolute Gasteiger partial charge is 0.457 e. The molecule has 2 aromatic rings. The number of ether oxygens (including phenoxy) is 2. The standard InChI is InChI=1S/C35H39N5O10/c1-21(2)32-23(4)13-14-30(42)36-15-7-9-22(3)17-25(49-35(45)38-26-10-5-6-11-28(26)40(46)47)18-24(41)19-31-37-27(20-48-31)33(43)39-16-8-12-29(39)34(44)50-32/h5-7,9-14,17,20-21,23,25,32H,8,15-16,18-19H2,1-4H3,(H,36,42)(H,38,45)/b9-7+,14-13+,22-17+/t23-,25-,32?/m1/s1. The van der Waals surface area contributed by atoms with E-state index in [4.69, 9.17) is 13.9 Å². The van der Waals surface area contributed by atoms with Crippen LogP contribution in [0.5, 0.6) is 0 Å². The number of nitro benzene ring substituents is 1. The summed E-state index contributed by atoms with van der Waals surface area (Å²) in [6.45, 7) is 7.65. The lowest BCUT2D eigenvalue weighted by Crippen LogP contribution is -2.36. The van der Waals surface area contributed by atoms with Crippen molar-refractivity contribution in [2.75, 3.05) is 18.4 Å². The van der Waals surface area contributed by atoms with Crippen LogP contribution in [0.25, 0.3) is 0 Å². The van der Waals surface area contributed by atoms with Gasteiger partial charge in [0.25, 0.3) is 11.6 Å². The van der Waals surface area contributed by atoms with E-state index in [1.54, 1.807) is 31.2 Å². The number of cyclic esters (lactones) is 1. The summed E-state index contributed by atoms with van der Waals surface area (Å²) in [7, 11) is 0. The summed E-state index contributed by atoms with van der Waals surface area (Å²) < 4.78 is 16.8. The van der Waals surface area contributed by atoms with Crippen LogP contribution in [0.15, 0.2) is 82.7 Å². The van der Waals surface area contributed by atoms with Gasteiger partial charge in [-0.2, -0.15) is 0 Å². The van der Waals surface area contributed by atoms with E-state index >= 15 is 0 Å². The van der Waals surface area contributed by atoms with Crippen molar-refractivity contribution in [2.45, 2.75) is 59.2 Å². The lowest BCUT2D eigenvalue weighted by molar-refractivity contribution is -0.383. The highest BCUT2D eigenvalue weighted by Gasteiger charge is 2.34. The van der Waals surface area contributed by atoms with Crippen LogP contribution in [0, 0.1) is 22.0 Å². The molecule has 2 bridgehead atoms. The molecular formula is C35H39N5O10. The number of aromatic nitrogens is 1. The molecule has 2 aliphatic heterocycles. The smallest absolute Gasteiger partial charge is 0.412 e. The highest BCUT2D eigenvalue weighted by Crippen LogP contribution is 2.26. The van der Waals surface area contributed by atoms with Crippen LogP contribution in [0.2, 0.25) is 0 Å². The third-order valence-corrected chi connectivity index (χ3v) is 7.77. The van der Waals surface area contributed by atoms with Crippen LogP contribution in [-0.2, 0) is 30.3 Å². The number of benzene rings is 1. The first-order chi connectivity index (χ1) is 23.8. The van der Waals surface area contributed by atoms with E-state index < -0.39 is 40.9 Å². The van der Waals surface area contributed by atoms with Crippen LogP contribution in [0.3, 0.4) is 0 Å². The van der Waals surface area contributed by atoms with Gasteiger partial charge in [0, 0.05) is 31.5 Å². The van der Waals surface area contributed by atoms with Crippen molar-refractivity contribution in [1.29, 1.82) is 0 Å². The van der Waals surface area contributed by atoms with Gasteiger partial charge in [-0.1, -0.05) is 62.8 Å². The van der Waals surface area contributed by atoms with Gasteiger partial charge in [0.1, 0.15) is 35.6 Å². The molecule has 15 heteroatoms. The fourth-order valence-electron chi connectivity index (χ4n) is 5.40. The number of hydrogen-bond donors (Lipinski definition) is 2. The van der Waals surface area contributed by atoms with Gasteiger partial charge in [-0.25, -0.2) is 14.6 Å². The van der Waals surface area contributed by atoms with E-state index in [-0.39, 0.29) is 72.3 Å². The number of hydrogen-bond acceptors (Lipinski definition) is 11. The van der Waals surface area contributed by atoms with Crippen LogP contribution in [0.1, 0.15) is 56.9 Å². The summed E-state index contributed by atoms with van der Waals surface area (Å²) >= 11 is 0. The topological polar surface area (TPSA) is 200 Å². The Morgan fingerprint density at radius 1 is 1.18 bits per heavy atom. The van der Waals surface area contributed by atoms with E-state index in [0.29, 0.717) is 12.0 Å². The average Bonchev–Trinajstić information content (AvgIpc) is 3.74. The van der Waals surface area contributed by atoms with Gasteiger partial charge in [-0.15, -0.1) is 0 Å². The number of oxazole rings is 1. The fraction of sp³-hybridized carbons (Fsp3) is 0.371. The molecule has 264 valence electrons. The number of carbonyl (C=O) groups excluding carboxylic acids is 5.